The second-order valence-corrected chi connectivity index (χ2v) is 4.89. The van der Waals surface area contributed by atoms with Gasteiger partial charge in [0.1, 0.15) is 16.4 Å². The minimum Gasteiger partial charge on any atom is -0.462 e. The van der Waals surface area contributed by atoms with Crippen molar-refractivity contribution < 1.29 is 14.3 Å². The van der Waals surface area contributed by atoms with Crippen LogP contribution in [-0.2, 0) is 9.53 Å². The Balaban J connectivity index is 2.45. The molecule has 0 aliphatic carbocycles. The lowest BCUT2D eigenvalue weighted by molar-refractivity contribution is -0.114. The molecule has 0 amide bonds. The Morgan fingerprint density at radius 1 is 1.42 bits per heavy atom. The molecule has 0 aliphatic rings. The van der Waals surface area contributed by atoms with Gasteiger partial charge in [-0.2, -0.15) is 5.10 Å². The van der Waals surface area contributed by atoms with Crippen LogP contribution in [0.2, 0.25) is 0 Å². The molecule has 2 aromatic rings. The lowest BCUT2D eigenvalue weighted by atomic mass is 10.2. The Labute approximate surface area is 114 Å². The number of ketones is 1. The summed E-state index contributed by atoms with van der Waals surface area (Å²) in [5, 5.41) is 4.84. The van der Waals surface area contributed by atoms with Gasteiger partial charge < -0.3 is 4.74 Å². The number of Topliss-reactive ketones (excluding diaryl/α,β-unsaturated/α-hetero) is 1. The quantitative estimate of drug-likeness (QED) is 0.620. The first-order valence-electron chi connectivity index (χ1n) is 5.90. The van der Waals surface area contributed by atoms with Gasteiger partial charge in [0.05, 0.1) is 17.9 Å². The number of nitrogens with zero attached hydrogens (tertiary/aromatic N) is 2. The van der Waals surface area contributed by atoms with Crippen molar-refractivity contribution in [2.24, 2.45) is 0 Å². The summed E-state index contributed by atoms with van der Waals surface area (Å²) in [5.41, 5.74) is 1.11. The molecule has 2 heterocycles. The Bertz CT molecular complexity index is 621. The monoisotopic (exact) mass is 278 g/mol. The molecule has 19 heavy (non-hydrogen) atoms. The molecule has 0 bridgehead atoms. The van der Waals surface area contributed by atoms with E-state index in [1.165, 1.54) is 18.7 Å². The molecule has 0 saturated carbocycles. The third-order valence-electron chi connectivity index (χ3n) is 2.40. The first kappa shape index (κ1) is 13.6. The fourth-order valence-electron chi connectivity index (χ4n) is 1.64. The highest BCUT2D eigenvalue weighted by molar-refractivity contribution is 8.00. The van der Waals surface area contributed by atoms with Crippen LogP contribution in [0.5, 0.6) is 0 Å². The average molecular weight is 278 g/mol. The zero-order valence-corrected chi connectivity index (χ0v) is 11.6. The van der Waals surface area contributed by atoms with Crippen LogP contribution in [-0.4, -0.2) is 33.7 Å². The molecular formula is C13H14N2O3S. The number of aromatic nitrogens is 2. The minimum absolute atomic E-state index is 0.0388. The van der Waals surface area contributed by atoms with Crippen LogP contribution in [0.15, 0.2) is 29.4 Å². The number of ether oxygens (including phenoxy) is 1. The van der Waals surface area contributed by atoms with Gasteiger partial charge in [0.15, 0.2) is 0 Å². The number of carbonyl (C=O) groups is 2. The number of rotatable bonds is 5. The van der Waals surface area contributed by atoms with Crippen LogP contribution >= 0.6 is 11.8 Å². The van der Waals surface area contributed by atoms with Crippen LogP contribution in [0.25, 0.3) is 5.52 Å². The molecular weight excluding hydrogens is 264 g/mol. The topological polar surface area (TPSA) is 60.7 Å². The van der Waals surface area contributed by atoms with Crippen LogP contribution in [0.3, 0.4) is 0 Å². The maximum absolute atomic E-state index is 12.0. The first-order valence-corrected chi connectivity index (χ1v) is 6.88. The van der Waals surface area contributed by atoms with Gasteiger partial charge in [-0.3, -0.25) is 4.79 Å². The molecule has 6 heteroatoms. The summed E-state index contributed by atoms with van der Waals surface area (Å²) in [7, 11) is 0. The second-order valence-electron chi connectivity index (χ2n) is 3.92. The third kappa shape index (κ3) is 2.96. The minimum atomic E-state index is -0.408. The van der Waals surface area contributed by atoms with Crippen LogP contribution in [0.4, 0.5) is 0 Å². The number of esters is 1. The van der Waals surface area contributed by atoms with Gasteiger partial charge in [-0.05, 0) is 26.0 Å². The van der Waals surface area contributed by atoms with Crippen molar-refractivity contribution in [3.63, 3.8) is 0 Å². The highest BCUT2D eigenvalue weighted by Crippen LogP contribution is 2.26. The van der Waals surface area contributed by atoms with E-state index in [0.717, 1.165) is 0 Å². The van der Waals surface area contributed by atoms with Crippen LogP contribution in [0, 0.1) is 0 Å². The number of pyridine rings is 1. The maximum atomic E-state index is 12.0. The number of thioether (sulfide) groups is 1. The van der Waals surface area contributed by atoms with Crippen molar-refractivity contribution in [1.29, 1.82) is 0 Å². The van der Waals surface area contributed by atoms with E-state index in [0.29, 0.717) is 22.7 Å². The number of hydrogen-bond acceptors (Lipinski definition) is 5. The first-order chi connectivity index (χ1) is 9.13. The molecule has 0 N–H and O–H groups in total. The van der Waals surface area contributed by atoms with E-state index in [-0.39, 0.29) is 11.5 Å². The molecule has 0 unspecified atom stereocenters. The van der Waals surface area contributed by atoms with E-state index >= 15 is 0 Å². The van der Waals surface area contributed by atoms with Gasteiger partial charge in [0, 0.05) is 6.20 Å². The van der Waals surface area contributed by atoms with E-state index in [4.69, 9.17) is 4.74 Å². The molecule has 2 aromatic heterocycles. The predicted octanol–water partition coefficient (Wildman–Crippen LogP) is 2.19. The Morgan fingerprint density at radius 2 is 2.21 bits per heavy atom. The van der Waals surface area contributed by atoms with Crippen LogP contribution < -0.4 is 0 Å². The van der Waals surface area contributed by atoms with E-state index in [1.807, 2.05) is 12.1 Å². The van der Waals surface area contributed by atoms with E-state index in [9.17, 15) is 9.59 Å². The Morgan fingerprint density at radius 3 is 2.89 bits per heavy atom. The van der Waals surface area contributed by atoms with Gasteiger partial charge in [-0.15, -0.1) is 0 Å². The smallest absolute Gasteiger partial charge is 0.343 e. The summed E-state index contributed by atoms with van der Waals surface area (Å²) in [6.07, 6.45) is 1.76. The second kappa shape index (κ2) is 5.88. The van der Waals surface area contributed by atoms with Crippen molar-refractivity contribution in [2.45, 2.75) is 18.9 Å². The van der Waals surface area contributed by atoms with E-state index in [2.05, 4.69) is 5.10 Å². The molecule has 5 nitrogen and oxygen atoms in total. The number of hydrogen-bond donors (Lipinski definition) is 0. The summed E-state index contributed by atoms with van der Waals surface area (Å²) >= 11 is 1.25. The standard InChI is InChI=1S/C13H14N2O3S/c1-3-18-13(17)11-10-6-4-5-7-15(10)14-12(11)19-8-9(2)16/h4-7H,3,8H2,1-2H3. The molecule has 0 atom stereocenters. The van der Waals surface area contributed by atoms with Gasteiger partial charge >= 0.3 is 5.97 Å². The molecule has 0 aromatic carbocycles. The summed E-state index contributed by atoms with van der Waals surface area (Å²) in [6, 6.07) is 5.46. The molecule has 0 fully saturated rings. The maximum Gasteiger partial charge on any atom is 0.343 e. The van der Waals surface area contributed by atoms with Crippen molar-refractivity contribution in [3.05, 3.63) is 30.0 Å². The van der Waals surface area contributed by atoms with Gasteiger partial charge in [0.25, 0.3) is 0 Å². The SMILES string of the molecule is CCOC(=O)c1c(SCC(C)=O)nn2ccccc12. The fraction of sp³-hybridized carbons (Fsp3) is 0.308. The highest BCUT2D eigenvalue weighted by Gasteiger charge is 2.21. The van der Waals surface area contributed by atoms with E-state index < -0.39 is 5.97 Å². The van der Waals surface area contributed by atoms with Crippen molar-refractivity contribution in [3.8, 4) is 0 Å². The lowest BCUT2D eigenvalue weighted by Gasteiger charge is -2.02. The molecule has 2 rings (SSSR count). The van der Waals surface area contributed by atoms with Crippen molar-refractivity contribution in [1.82, 2.24) is 9.61 Å². The predicted molar refractivity (Wildman–Crippen MR) is 72.6 cm³/mol. The zero-order valence-electron chi connectivity index (χ0n) is 10.8. The largest absolute Gasteiger partial charge is 0.462 e. The number of carbonyl (C=O) groups excluding carboxylic acids is 2. The van der Waals surface area contributed by atoms with Crippen molar-refractivity contribution >= 4 is 29.0 Å². The highest BCUT2D eigenvalue weighted by atomic mass is 32.2. The molecule has 0 radical (unpaired) electrons. The van der Waals surface area contributed by atoms with Gasteiger partial charge in [-0.25, -0.2) is 9.31 Å². The summed E-state index contributed by atoms with van der Waals surface area (Å²) in [6.45, 7) is 3.57. The van der Waals surface area contributed by atoms with Gasteiger partial charge in [-0.1, -0.05) is 17.8 Å². The van der Waals surface area contributed by atoms with Crippen molar-refractivity contribution in [2.75, 3.05) is 12.4 Å². The number of fused-ring (bicyclic) bond motifs is 1. The van der Waals surface area contributed by atoms with Gasteiger partial charge in [0.2, 0.25) is 0 Å². The van der Waals surface area contributed by atoms with Crippen LogP contribution in [0.1, 0.15) is 24.2 Å². The fourth-order valence-corrected chi connectivity index (χ4v) is 2.46. The molecule has 0 spiro atoms. The Kier molecular flexibility index (Phi) is 4.21. The molecule has 100 valence electrons. The third-order valence-corrected chi connectivity index (χ3v) is 3.51. The summed E-state index contributed by atoms with van der Waals surface area (Å²) in [4.78, 5) is 23.1. The lowest BCUT2D eigenvalue weighted by Crippen LogP contribution is -2.06. The molecule has 0 saturated heterocycles. The normalized spacial score (nSPS) is 10.6. The van der Waals surface area contributed by atoms with E-state index in [1.54, 1.807) is 23.7 Å². The summed E-state index contributed by atoms with van der Waals surface area (Å²) in [5.74, 6) is -0.0809. The Hall–Kier alpha value is -1.82. The average Bonchev–Trinajstić information content (AvgIpc) is 2.74. The summed E-state index contributed by atoms with van der Waals surface area (Å²) < 4.78 is 6.67. The molecule has 0 aliphatic heterocycles. The zero-order chi connectivity index (χ0) is 13.8.